The zero-order chi connectivity index (χ0) is 12.1. The second-order valence-electron chi connectivity index (χ2n) is 3.80. The van der Waals surface area contributed by atoms with Crippen LogP contribution in [0, 0.1) is 0 Å². The summed E-state index contributed by atoms with van der Waals surface area (Å²) in [6.07, 6.45) is 0. The number of ether oxygens (including phenoxy) is 1. The van der Waals surface area contributed by atoms with Gasteiger partial charge in [-0.1, -0.05) is 6.58 Å². The largest absolute Gasteiger partial charge is 0.456 e. The standard InChI is InChI=1S/C10H18NO4/c1-8(2)10(13)14-7-6-11(4,5)15-9(3)12/h1,6-7H2,2-5H3/q+1. The first-order valence-electron chi connectivity index (χ1n) is 4.60. The number of quaternary nitrogens is 1. The van der Waals surface area contributed by atoms with Crippen LogP contribution in [-0.2, 0) is 19.2 Å². The molecule has 5 nitrogen and oxygen atoms in total. The number of rotatable bonds is 5. The van der Waals surface area contributed by atoms with Gasteiger partial charge in [0, 0.05) is 12.5 Å². The number of nitrogens with zero attached hydrogens (tertiary/aromatic N) is 1. The summed E-state index contributed by atoms with van der Waals surface area (Å²) in [5.74, 6) is -0.802. The highest BCUT2D eigenvalue weighted by molar-refractivity contribution is 5.86. The van der Waals surface area contributed by atoms with Crippen molar-refractivity contribution in [3.8, 4) is 0 Å². The van der Waals surface area contributed by atoms with Gasteiger partial charge in [0.25, 0.3) is 0 Å². The minimum Gasteiger partial charge on any atom is -0.456 e. The Labute approximate surface area is 89.8 Å². The van der Waals surface area contributed by atoms with Crippen molar-refractivity contribution < 1.29 is 23.8 Å². The van der Waals surface area contributed by atoms with Gasteiger partial charge in [0.15, 0.2) is 6.54 Å². The van der Waals surface area contributed by atoms with Crippen molar-refractivity contribution in [1.29, 1.82) is 0 Å². The predicted molar refractivity (Wildman–Crippen MR) is 54.5 cm³/mol. The van der Waals surface area contributed by atoms with Gasteiger partial charge < -0.3 is 4.74 Å². The summed E-state index contributed by atoms with van der Waals surface area (Å²) in [6, 6.07) is 0. The van der Waals surface area contributed by atoms with Gasteiger partial charge in [0.2, 0.25) is 0 Å². The van der Waals surface area contributed by atoms with Gasteiger partial charge >= 0.3 is 11.9 Å². The van der Waals surface area contributed by atoms with Gasteiger partial charge in [0.1, 0.15) is 20.7 Å². The maximum atomic E-state index is 11.0. The summed E-state index contributed by atoms with van der Waals surface area (Å²) in [5, 5.41) is 0. The Hall–Kier alpha value is -1.36. The average Bonchev–Trinajstić information content (AvgIpc) is 2.00. The van der Waals surface area contributed by atoms with E-state index in [9.17, 15) is 9.59 Å². The average molecular weight is 216 g/mol. The molecule has 0 aliphatic heterocycles. The zero-order valence-corrected chi connectivity index (χ0v) is 9.70. The van der Waals surface area contributed by atoms with Gasteiger partial charge in [-0.25, -0.2) is 9.59 Å². The van der Waals surface area contributed by atoms with Crippen molar-refractivity contribution in [1.82, 2.24) is 0 Å². The molecule has 0 bridgehead atoms. The third kappa shape index (κ3) is 6.68. The van der Waals surface area contributed by atoms with E-state index in [4.69, 9.17) is 9.57 Å². The van der Waals surface area contributed by atoms with Crippen LogP contribution in [0.2, 0.25) is 0 Å². The van der Waals surface area contributed by atoms with Crippen LogP contribution in [0.25, 0.3) is 0 Å². The van der Waals surface area contributed by atoms with Crippen molar-refractivity contribution in [2.45, 2.75) is 13.8 Å². The predicted octanol–water partition coefficient (Wildman–Crippen LogP) is 0.660. The van der Waals surface area contributed by atoms with Gasteiger partial charge in [-0.05, 0) is 6.92 Å². The van der Waals surface area contributed by atoms with Crippen LogP contribution in [0.15, 0.2) is 12.2 Å². The zero-order valence-electron chi connectivity index (χ0n) is 9.70. The Bertz CT molecular complexity index is 271. The first kappa shape index (κ1) is 13.6. The molecule has 0 aliphatic carbocycles. The minimum atomic E-state index is -0.433. The second-order valence-corrected chi connectivity index (χ2v) is 3.80. The second kappa shape index (κ2) is 5.50. The van der Waals surface area contributed by atoms with Crippen LogP contribution in [0.4, 0.5) is 0 Å². The van der Waals surface area contributed by atoms with E-state index in [2.05, 4.69) is 6.58 Å². The van der Waals surface area contributed by atoms with E-state index in [1.807, 2.05) is 0 Å². The molecule has 0 aromatic heterocycles. The summed E-state index contributed by atoms with van der Waals surface area (Å²) in [7, 11) is 3.41. The SMILES string of the molecule is C=C(C)C(=O)OCC[N+](C)(C)OC(C)=O. The lowest BCUT2D eigenvalue weighted by Gasteiger charge is -2.24. The molecule has 0 saturated heterocycles. The molecular weight excluding hydrogens is 198 g/mol. The maximum absolute atomic E-state index is 11.0. The number of hydrogen-bond acceptors (Lipinski definition) is 4. The van der Waals surface area contributed by atoms with Crippen LogP contribution in [0.1, 0.15) is 13.8 Å². The van der Waals surface area contributed by atoms with Crippen LogP contribution in [0.5, 0.6) is 0 Å². The number of esters is 1. The molecule has 0 heterocycles. The smallest absolute Gasteiger partial charge is 0.363 e. The summed E-state index contributed by atoms with van der Waals surface area (Å²) >= 11 is 0. The lowest BCUT2D eigenvalue weighted by atomic mass is 10.4. The Morgan fingerprint density at radius 1 is 1.27 bits per heavy atom. The number of hydrogen-bond donors (Lipinski definition) is 0. The minimum absolute atomic E-state index is 0.0266. The summed E-state index contributed by atoms with van der Waals surface area (Å²) in [6.45, 7) is 6.95. The Kier molecular flexibility index (Phi) is 5.00. The number of carbonyl (C=O) groups is 2. The monoisotopic (exact) mass is 216 g/mol. The summed E-state index contributed by atoms with van der Waals surface area (Å²) < 4.78 is 4.90. The molecule has 0 unspecified atom stereocenters. The molecule has 0 saturated carbocycles. The molecule has 0 aromatic rings. The van der Waals surface area contributed by atoms with Gasteiger partial charge in [-0.15, -0.1) is 4.65 Å². The Morgan fingerprint density at radius 3 is 2.20 bits per heavy atom. The van der Waals surface area contributed by atoms with Crippen molar-refractivity contribution in [3.05, 3.63) is 12.2 Å². The van der Waals surface area contributed by atoms with Crippen molar-refractivity contribution in [2.24, 2.45) is 0 Å². The third-order valence-electron chi connectivity index (χ3n) is 1.59. The number of likely N-dealkylation sites (N-methyl/N-ethyl adjacent to an activating group) is 1. The highest BCUT2D eigenvalue weighted by Gasteiger charge is 2.20. The molecule has 5 heteroatoms. The first-order chi connectivity index (χ1) is 6.74. The van der Waals surface area contributed by atoms with Crippen LogP contribution in [0.3, 0.4) is 0 Å². The quantitative estimate of drug-likeness (QED) is 0.293. The molecule has 0 atom stereocenters. The fraction of sp³-hybridized carbons (Fsp3) is 0.600. The van der Waals surface area contributed by atoms with Crippen molar-refractivity contribution in [3.63, 3.8) is 0 Å². The van der Waals surface area contributed by atoms with E-state index in [0.29, 0.717) is 12.1 Å². The van der Waals surface area contributed by atoms with E-state index in [-0.39, 0.29) is 17.2 Å². The lowest BCUT2D eigenvalue weighted by molar-refractivity contribution is -1.06. The molecule has 0 aliphatic rings. The Balaban J connectivity index is 3.89. The van der Waals surface area contributed by atoms with E-state index < -0.39 is 5.97 Å². The maximum Gasteiger partial charge on any atom is 0.363 e. The fourth-order valence-electron chi connectivity index (χ4n) is 0.875. The van der Waals surface area contributed by atoms with Crippen LogP contribution in [-0.4, -0.2) is 43.8 Å². The van der Waals surface area contributed by atoms with Crippen molar-refractivity contribution in [2.75, 3.05) is 27.2 Å². The highest BCUT2D eigenvalue weighted by atomic mass is 16.7. The number of carbonyl (C=O) groups excluding carboxylic acids is 2. The molecule has 86 valence electrons. The van der Waals surface area contributed by atoms with Crippen molar-refractivity contribution >= 4 is 11.9 Å². The van der Waals surface area contributed by atoms with Crippen LogP contribution < -0.4 is 0 Å². The molecule has 15 heavy (non-hydrogen) atoms. The van der Waals surface area contributed by atoms with E-state index >= 15 is 0 Å². The molecular formula is C10H18NO4+. The van der Waals surface area contributed by atoms with E-state index in [1.165, 1.54) is 6.92 Å². The molecule has 0 spiro atoms. The van der Waals surface area contributed by atoms with E-state index in [1.54, 1.807) is 21.0 Å². The fourth-order valence-corrected chi connectivity index (χ4v) is 0.875. The molecule has 0 N–H and O–H groups in total. The number of hydroxylamine groups is 3. The normalized spacial score (nSPS) is 10.7. The third-order valence-corrected chi connectivity index (χ3v) is 1.59. The molecule has 0 rings (SSSR count). The Morgan fingerprint density at radius 2 is 1.80 bits per heavy atom. The molecule has 0 fully saturated rings. The van der Waals surface area contributed by atoms with Crippen LogP contribution >= 0.6 is 0 Å². The molecule has 0 radical (unpaired) electrons. The molecule has 0 aromatic carbocycles. The first-order valence-corrected chi connectivity index (χ1v) is 4.60. The lowest BCUT2D eigenvalue weighted by Crippen LogP contribution is -2.43. The van der Waals surface area contributed by atoms with Gasteiger partial charge in [0.05, 0.1) is 0 Å². The van der Waals surface area contributed by atoms with Gasteiger partial charge in [-0.2, -0.15) is 0 Å². The topological polar surface area (TPSA) is 52.6 Å². The summed E-state index contributed by atoms with van der Waals surface area (Å²) in [4.78, 5) is 26.7. The van der Waals surface area contributed by atoms with Gasteiger partial charge in [-0.3, -0.25) is 4.84 Å². The highest BCUT2D eigenvalue weighted by Crippen LogP contribution is 2.00. The van der Waals surface area contributed by atoms with E-state index in [0.717, 1.165) is 0 Å². The molecule has 0 amide bonds. The summed E-state index contributed by atoms with van der Waals surface area (Å²) in [5.41, 5.74) is 0.354.